The maximum Gasteiger partial charge on any atom is 0.154 e. The summed E-state index contributed by atoms with van der Waals surface area (Å²) in [5, 5.41) is 1.17. The highest BCUT2D eigenvalue weighted by atomic mass is 16.7. The van der Waals surface area contributed by atoms with E-state index in [1.165, 1.54) is 55.3 Å². The highest BCUT2D eigenvalue weighted by molar-refractivity contribution is 5.91. The molecule has 1 aliphatic rings. The monoisotopic (exact) mass is 650 g/mol. The molecule has 1 aliphatic heterocycles. The van der Waals surface area contributed by atoms with Gasteiger partial charge in [0, 0.05) is 23.9 Å². The number of hydrogen-bond acceptors (Lipinski definition) is 4. The number of para-hydroxylation sites is 1. The third kappa shape index (κ3) is 8.18. The lowest BCUT2D eigenvalue weighted by atomic mass is 10.0. The zero-order valence-corrected chi connectivity index (χ0v) is 28.5. The van der Waals surface area contributed by atoms with E-state index in [1.807, 2.05) is 29.0 Å². The fourth-order valence-electron chi connectivity index (χ4n) is 6.88. The van der Waals surface area contributed by atoms with Crippen molar-refractivity contribution in [3.63, 3.8) is 0 Å². The van der Waals surface area contributed by atoms with Crippen molar-refractivity contribution >= 4 is 10.9 Å². The van der Waals surface area contributed by atoms with Crippen molar-refractivity contribution in [1.29, 1.82) is 0 Å². The van der Waals surface area contributed by atoms with Crippen LogP contribution in [0, 0.1) is 6.92 Å². The molecule has 5 heteroatoms. The van der Waals surface area contributed by atoms with Gasteiger partial charge >= 0.3 is 0 Å². The van der Waals surface area contributed by atoms with E-state index in [0.717, 1.165) is 52.6 Å². The van der Waals surface area contributed by atoms with Gasteiger partial charge in [-0.1, -0.05) is 116 Å². The van der Waals surface area contributed by atoms with Gasteiger partial charge < -0.3 is 14.3 Å². The van der Waals surface area contributed by atoms with Gasteiger partial charge in [0.05, 0.1) is 11.2 Å². The Labute approximate surface area is 290 Å². The topological polar surface area (TPSA) is 35.9 Å². The largest absolute Gasteiger partial charge is 0.492 e. The van der Waals surface area contributed by atoms with Crippen LogP contribution in [0.4, 0.5) is 0 Å². The van der Waals surface area contributed by atoms with E-state index in [4.69, 9.17) is 14.3 Å². The van der Waals surface area contributed by atoms with E-state index in [9.17, 15) is 0 Å². The number of aryl methyl sites for hydroxylation is 1. The highest BCUT2D eigenvalue weighted by Gasteiger charge is 2.22. The second kappa shape index (κ2) is 15.9. The average Bonchev–Trinajstić information content (AvgIpc) is 3.27. The molecule has 5 nitrogen and oxygen atoms in total. The molecule has 6 aromatic rings. The molecule has 0 N–H and O–H groups in total. The van der Waals surface area contributed by atoms with Gasteiger partial charge in [-0.15, -0.1) is 0 Å². The Hall–Kier alpha value is -5.00. The van der Waals surface area contributed by atoms with Gasteiger partial charge in [0.2, 0.25) is 0 Å². The van der Waals surface area contributed by atoms with Gasteiger partial charge in [0.1, 0.15) is 24.7 Å². The van der Waals surface area contributed by atoms with Gasteiger partial charge in [0.25, 0.3) is 0 Å². The molecule has 49 heavy (non-hydrogen) atoms. The summed E-state index contributed by atoms with van der Waals surface area (Å²) in [6.07, 6.45) is 5.80. The molecule has 5 aromatic carbocycles. The zero-order valence-electron chi connectivity index (χ0n) is 28.5. The average molecular weight is 651 g/mol. The van der Waals surface area contributed by atoms with Crippen LogP contribution in [0.15, 0.2) is 133 Å². The Morgan fingerprint density at radius 1 is 0.633 bits per heavy atom. The molecule has 1 saturated heterocycles. The first-order chi connectivity index (χ1) is 24.2. The Morgan fingerprint density at radius 3 is 2.12 bits per heavy atom. The van der Waals surface area contributed by atoms with Crippen LogP contribution in [-0.2, 0) is 13.0 Å². The second-order valence-corrected chi connectivity index (χ2v) is 13.0. The Kier molecular flexibility index (Phi) is 10.6. The molecule has 1 fully saturated rings. The van der Waals surface area contributed by atoms with Gasteiger partial charge in [-0.2, -0.15) is 4.73 Å². The predicted molar refractivity (Wildman–Crippen MR) is 199 cm³/mol. The van der Waals surface area contributed by atoms with E-state index in [-0.39, 0.29) is 6.10 Å². The van der Waals surface area contributed by atoms with Crippen LogP contribution in [0.1, 0.15) is 54.0 Å². The van der Waals surface area contributed by atoms with E-state index < -0.39 is 0 Å². The third-order valence-electron chi connectivity index (χ3n) is 9.56. The van der Waals surface area contributed by atoms with Crippen LogP contribution in [0.3, 0.4) is 0 Å². The SMILES string of the molecule is Cc1c(-c2cccc(OCc3ccccc3)c2)n(OC(Cc2ccc(OCCN3CCCCCC3)cc2)c2ccccc2)c2ccccc12. The quantitative estimate of drug-likeness (QED) is 0.125. The van der Waals surface area contributed by atoms with Gasteiger partial charge in [0.15, 0.2) is 6.10 Å². The van der Waals surface area contributed by atoms with Gasteiger partial charge in [-0.25, -0.2) is 0 Å². The fourth-order valence-corrected chi connectivity index (χ4v) is 6.88. The molecule has 250 valence electrons. The second-order valence-electron chi connectivity index (χ2n) is 13.0. The first kappa shape index (κ1) is 32.5. The molecule has 1 aromatic heterocycles. The van der Waals surface area contributed by atoms with Crippen molar-refractivity contribution in [1.82, 2.24) is 9.63 Å². The number of nitrogens with zero attached hydrogens (tertiary/aromatic N) is 2. The molecule has 0 bridgehead atoms. The summed E-state index contributed by atoms with van der Waals surface area (Å²) >= 11 is 0. The molecule has 0 spiro atoms. The summed E-state index contributed by atoms with van der Waals surface area (Å²) in [4.78, 5) is 9.64. The number of benzene rings is 5. The van der Waals surface area contributed by atoms with Crippen molar-refractivity contribution in [3.8, 4) is 22.8 Å². The van der Waals surface area contributed by atoms with Crippen LogP contribution in [-0.4, -0.2) is 35.9 Å². The lowest BCUT2D eigenvalue weighted by Crippen LogP contribution is -2.29. The summed E-state index contributed by atoms with van der Waals surface area (Å²) < 4.78 is 14.5. The Morgan fingerprint density at radius 2 is 1.35 bits per heavy atom. The minimum absolute atomic E-state index is 0.220. The number of ether oxygens (including phenoxy) is 2. The Bertz CT molecular complexity index is 1910. The molecule has 0 amide bonds. The van der Waals surface area contributed by atoms with E-state index in [1.54, 1.807) is 0 Å². The minimum Gasteiger partial charge on any atom is -0.492 e. The highest BCUT2D eigenvalue weighted by Crippen LogP contribution is 2.36. The van der Waals surface area contributed by atoms with Crippen molar-refractivity contribution < 1.29 is 14.3 Å². The summed E-state index contributed by atoms with van der Waals surface area (Å²) in [7, 11) is 0. The molecule has 0 radical (unpaired) electrons. The summed E-state index contributed by atoms with van der Waals surface area (Å²) in [5.41, 5.74) is 7.75. The predicted octanol–water partition coefficient (Wildman–Crippen LogP) is 9.86. The summed E-state index contributed by atoms with van der Waals surface area (Å²) in [6.45, 7) is 6.78. The van der Waals surface area contributed by atoms with Crippen molar-refractivity contribution in [2.45, 2.75) is 51.7 Å². The number of rotatable bonds is 13. The third-order valence-corrected chi connectivity index (χ3v) is 9.56. The molecular formula is C44H46N2O3. The van der Waals surface area contributed by atoms with Crippen LogP contribution < -0.4 is 14.3 Å². The van der Waals surface area contributed by atoms with Crippen molar-refractivity contribution in [3.05, 3.63) is 156 Å². The number of likely N-dealkylation sites (tertiary alicyclic amines) is 1. The molecule has 1 atom stereocenters. The molecule has 2 heterocycles. The first-order valence-corrected chi connectivity index (χ1v) is 17.7. The molecule has 0 saturated carbocycles. The van der Waals surface area contributed by atoms with Crippen LogP contribution in [0.2, 0.25) is 0 Å². The summed E-state index contributed by atoms with van der Waals surface area (Å²) in [6, 6.07) is 46.2. The van der Waals surface area contributed by atoms with Gasteiger partial charge in [-0.05, 0) is 85.4 Å². The normalized spacial score (nSPS) is 14.3. The van der Waals surface area contributed by atoms with Gasteiger partial charge in [-0.3, -0.25) is 4.90 Å². The van der Waals surface area contributed by atoms with E-state index in [2.05, 4.69) is 121 Å². The zero-order chi connectivity index (χ0) is 33.3. The van der Waals surface area contributed by atoms with Crippen LogP contribution in [0.5, 0.6) is 11.5 Å². The minimum atomic E-state index is -0.220. The lowest BCUT2D eigenvalue weighted by molar-refractivity contribution is 0.0469. The molecule has 1 unspecified atom stereocenters. The molecule has 0 aliphatic carbocycles. The number of hydrogen-bond donors (Lipinski definition) is 0. The Balaban J connectivity index is 1.13. The summed E-state index contributed by atoms with van der Waals surface area (Å²) in [5.74, 6) is 1.74. The number of aromatic nitrogens is 1. The van der Waals surface area contributed by atoms with E-state index in [0.29, 0.717) is 13.0 Å². The number of fused-ring (bicyclic) bond motifs is 1. The smallest absolute Gasteiger partial charge is 0.154 e. The van der Waals surface area contributed by atoms with E-state index >= 15 is 0 Å². The standard InChI is InChI=1S/C44H46N2O3/c1-34-41-21-10-11-22-42(41)46(44(34)38-19-14-20-40(32-38)48-33-36-15-6-4-7-16-36)49-43(37-17-8-5-9-18-37)31-35-23-25-39(26-24-35)47-30-29-45-27-12-2-3-13-28-45/h4-11,14-26,32,43H,2-3,12-13,27-31,33H2,1H3. The molecular weight excluding hydrogens is 604 g/mol. The lowest BCUT2D eigenvalue weighted by Gasteiger charge is -2.23. The maximum atomic E-state index is 7.10. The maximum absolute atomic E-state index is 7.10. The van der Waals surface area contributed by atoms with Crippen LogP contribution >= 0.6 is 0 Å². The van der Waals surface area contributed by atoms with Crippen LogP contribution in [0.25, 0.3) is 22.2 Å². The first-order valence-electron chi connectivity index (χ1n) is 17.7. The van der Waals surface area contributed by atoms with Crippen molar-refractivity contribution in [2.24, 2.45) is 0 Å². The molecule has 7 rings (SSSR count). The fraction of sp³-hybridized carbons (Fsp3) is 0.273. The van der Waals surface area contributed by atoms with Crippen molar-refractivity contribution in [2.75, 3.05) is 26.2 Å².